The van der Waals surface area contributed by atoms with Crippen LogP contribution in [-0.4, -0.2) is 22.0 Å². The molecule has 1 aromatic heterocycles. The zero-order valence-corrected chi connectivity index (χ0v) is 12.0. The maximum Gasteiger partial charge on any atom is 0.336 e. The average Bonchev–Trinajstić information content (AvgIpc) is 3.17. The van der Waals surface area contributed by atoms with Gasteiger partial charge in [0.25, 0.3) is 0 Å². The third kappa shape index (κ3) is 3.08. The Kier molecular flexibility index (Phi) is 3.85. The molecule has 0 unspecified atom stereocenters. The van der Waals surface area contributed by atoms with Crippen LogP contribution in [-0.2, 0) is 13.1 Å². The Hall–Kier alpha value is -1.65. The van der Waals surface area contributed by atoms with Gasteiger partial charge in [-0.1, -0.05) is 24.3 Å². The first-order valence-electron chi connectivity index (χ1n) is 6.81. The quantitative estimate of drug-likeness (QED) is 0.882. The minimum atomic E-state index is -0.840. The van der Waals surface area contributed by atoms with Gasteiger partial charge in [0, 0.05) is 24.0 Å². The predicted octanol–water partition coefficient (Wildman–Crippen LogP) is 3.61. The molecule has 4 heteroatoms. The molecule has 0 radical (unpaired) electrons. The molecule has 3 nitrogen and oxygen atoms in total. The Morgan fingerprint density at radius 3 is 2.65 bits per heavy atom. The second-order valence-electron chi connectivity index (χ2n) is 5.18. The largest absolute Gasteiger partial charge is 0.478 e. The van der Waals surface area contributed by atoms with Crippen LogP contribution in [0.1, 0.15) is 33.6 Å². The second-order valence-corrected chi connectivity index (χ2v) is 6.21. The molecule has 20 heavy (non-hydrogen) atoms. The number of thiophene rings is 1. The molecule has 1 heterocycles. The molecule has 0 bridgehead atoms. The predicted molar refractivity (Wildman–Crippen MR) is 80.0 cm³/mol. The molecule has 0 amide bonds. The van der Waals surface area contributed by atoms with Crippen molar-refractivity contribution in [1.29, 1.82) is 0 Å². The number of hydrogen-bond donors (Lipinski definition) is 1. The summed E-state index contributed by atoms with van der Waals surface area (Å²) in [6, 6.07) is 12.1. The monoisotopic (exact) mass is 287 g/mol. The van der Waals surface area contributed by atoms with Crippen molar-refractivity contribution in [1.82, 2.24) is 4.90 Å². The van der Waals surface area contributed by atoms with E-state index in [1.165, 1.54) is 17.7 Å². The fraction of sp³-hybridized carbons (Fsp3) is 0.312. The SMILES string of the molecule is O=C(O)c1ccccc1CN(Cc1cccs1)C1CC1. The highest BCUT2D eigenvalue weighted by molar-refractivity contribution is 7.09. The number of nitrogens with zero attached hydrogens (tertiary/aromatic N) is 1. The van der Waals surface area contributed by atoms with Crippen LogP contribution in [0.15, 0.2) is 41.8 Å². The molecule has 1 fully saturated rings. The molecule has 104 valence electrons. The van der Waals surface area contributed by atoms with Gasteiger partial charge in [0.1, 0.15) is 0 Å². The number of benzene rings is 1. The van der Waals surface area contributed by atoms with Gasteiger partial charge in [-0.25, -0.2) is 4.79 Å². The molecule has 1 saturated carbocycles. The third-order valence-corrected chi connectivity index (χ3v) is 4.48. The molecule has 0 atom stereocenters. The molecule has 3 rings (SSSR count). The molecule has 2 aromatic rings. The summed E-state index contributed by atoms with van der Waals surface area (Å²) in [6.45, 7) is 1.63. The van der Waals surface area contributed by atoms with E-state index < -0.39 is 5.97 Å². The summed E-state index contributed by atoms with van der Waals surface area (Å²) in [5.41, 5.74) is 1.33. The van der Waals surface area contributed by atoms with Gasteiger partial charge in [-0.3, -0.25) is 4.90 Å². The fourth-order valence-electron chi connectivity index (χ4n) is 2.44. The van der Waals surface area contributed by atoms with Gasteiger partial charge >= 0.3 is 5.97 Å². The summed E-state index contributed by atoms with van der Waals surface area (Å²) in [4.78, 5) is 15.0. The van der Waals surface area contributed by atoms with Crippen LogP contribution in [0.2, 0.25) is 0 Å². The zero-order chi connectivity index (χ0) is 13.9. The van der Waals surface area contributed by atoms with E-state index in [0.29, 0.717) is 18.2 Å². The van der Waals surface area contributed by atoms with Crippen molar-refractivity contribution < 1.29 is 9.90 Å². The number of carbonyl (C=O) groups is 1. The molecule has 0 aliphatic heterocycles. The number of hydrogen-bond acceptors (Lipinski definition) is 3. The highest BCUT2D eigenvalue weighted by Gasteiger charge is 2.29. The van der Waals surface area contributed by atoms with Crippen molar-refractivity contribution in [3.63, 3.8) is 0 Å². The summed E-state index contributed by atoms with van der Waals surface area (Å²) >= 11 is 1.76. The van der Waals surface area contributed by atoms with Gasteiger partial charge in [-0.05, 0) is 35.9 Å². The third-order valence-electron chi connectivity index (χ3n) is 3.62. The summed E-state index contributed by atoms with van der Waals surface area (Å²) in [5.74, 6) is -0.840. The molecule has 1 N–H and O–H groups in total. The second kappa shape index (κ2) is 5.77. The Bertz CT molecular complexity index is 590. The average molecular weight is 287 g/mol. The van der Waals surface area contributed by atoms with Crippen LogP contribution >= 0.6 is 11.3 Å². The van der Waals surface area contributed by atoms with Crippen molar-refractivity contribution >= 4 is 17.3 Å². The van der Waals surface area contributed by atoms with Crippen molar-refractivity contribution in [2.45, 2.75) is 32.0 Å². The van der Waals surface area contributed by atoms with E-state index in [4.69, 9.17) is 0 Å². The first-order chi connectivity index (χ1) is 9.74. The number of aromatic carboxylic acids is 1. The fourth-order valence-corrected chi connectivity index (χ4v) is 3.17. The van der Waals surface area contributed by atoms with Gasteiger partial charge in [0.05, 0.1) is 5.56 Å². The zero-order valence-electron chi connectivity index (χ0n) is 11.2. The molecule has 1 aliphatic rings. The van der Waals surface area contributed by atoms with Crippen LogP contribution in [0.5, 0.6) is 0 Å². The molecule has 0 saturated heterocycles. The highest BCUT2D eigenvalue weighted by atomic mass is 32.1. The van der Waals surface area contributed by atoms with Crippen LogP contribution in [0, 0.1) is 0 Å². The van der Waals surface area contributed by atoms with Crippen LogP contribution in [0.4, 0.5) is 0 Å². The van der Waals surface area contributed by atoms with E-state index in [1.54, 1.807) is 23.5 Å². The number of carboxylic acids is 1. The lowest BCUT2D eigenvalue weighted by Crippen LogP contribution is -2.25. The van der Waals surface area contributed by atoms with Crippen LogP contribution in [0.3, 0.4) is 0 Å². The Morgan fingerprint density at radius 1 is 1.20 bits per heavy atom. The van der Waals surface area contributed by atoms with Gasteiger partial charge < -0.3 is 5.11 Å². The van der Waals surface area contributed by atoms with Gasteiger partial charge in [0.15, 0.2) is 0 Å². The van der Waals surface area contributed by atoms with E-state index in [2.05, 4.69) is 22.4 Å². The summed E-state index contributed by atoms with van der Waals surface area (Å²) < 4.78 is 0. The standard InChI is InChI=1S/C16H17NO2S/c18-16(19)15-6-2-1-4-12(15)10-17(13-7-8-13)11-14-5-3-9-20-14/h1-6,9,13H,7-8,10-11H2,(H,18,19). The summed E-state index contributed by atoms with van der Waals surface area (Å²) in [6.07, 6.45) is 2.45. The number of rotatable bonds is 6. The summed E-state index contributed by atoms with van der Waals surface area (Å²) in [5, 5.41) is 11.4. The maximum absolute atomic E-state index is 11.3. The summed E-state index contributed by atoms with van der Waals surface area (Å²) in [7, 11) is 0. The van der Waals surface area contributed by atoms with E-state index in [0.717, 1.165) is 12.1 Å². The van der Waals surface area contributed by atoms with Crippen LogP contribution in [0.25, 0.3) is 0 Å². The van der Waals surface area contributed by atoms with Crippen molar-refractivity contribution in [2.75, 3.05) is 0 Å². The van der Waals surface area contributed by atoms with Crippen LogP contribution < -0.4 is 0 Å². The van der Waals surface area contributed by atoms with E-state index in [9.17, 15) is 9.90 Å². The highest BCUT2D eigenvalue weighted by Crippen LogP contribution is 2.31. The van der Waals surface area contributed by atoms with E-state index in [-0.39, 0.29) is 0 Å². The van der Waals surface area contributed by atoms with E-state index >= 15 is 0 Å². The van der Waals surface area contributed by atoms with Crippen molar-refractivity contribution in [3.8, 4) is 0 Å². The molecular weight excluding hydrogens is 270 g/mol. The van der Waals surface area contributed by atoms with Crippen molar-refractivity contribution in [2.24, 2.45) is 0 Å². The Morgan fingerprint density at radius 2 is 2.00 bits per heavy atom. The van der Waals surface area contributed by atoms with E-state index in [1.807, 2.05) is 12.1 Å². The molecule has 1 aromatic carbocycles. The Labute approximate surface area is 122 Å². The van der Waals surface area contributed by atoms with Crippen molar-refractivity contribution in [3.05, 3.63) is 57.8 Å². The van der Waals surface area contributed by atoms with Gasteiger partial charge in [-0.2, -0.15) is 0 Å². The maximum atomic E-state index is 11.3. The van der Waals surface area contributed by atoms with Gasteiger partial charge in [0.2, 0.25) is 0 Å². The minimum absolute atomic E-state index is 0.421. The Balaban J connectivity index is 1.78. The smallest absolute Gasteiger partial charge is 0.336 e. The lowest BCUT2D eigenvalue weighted by Gasteiger charge is -2.22. The first-order valence-corrected chi connectivity index (χ1v) is 7.69. The van der Waals surface area contributed by atoms with Gasteiger partial charge in [-0.15, -0.1) is 11.3 Å². The normalized spacial score (nSPS) is 14.7. The molecule has 0 spiro atoms. The first kappa shape index (κ1) is 13.3. The number of carboxylic acid groups (broad SMARTS) is 1. The molecule has 1 aliphatic carbocycles. The lowest BCUT2D eigenvalue weighted by atomic mass is 10.1. The topological polar surface area (TPSA) is 40.5 Å². The minimum Gasteiger partial charge on any atom is -0.478 e. The lowest BCUT2D eigenvalue weighted by molar-refractivity contribution is 0.0694. The molecular formula is C16H17NO2S.